The number of halogens is 3. The number of guanidine groups is 1. The molecule has 0 amide bonds. The number of ether oxygens (including phenoxy) is 3. The number of nitrogens with one attached hydrogen (secondary N) is 1. The van der Waals surface area contributed by atoms with Crippen LogP contribution in [-0.4, -0.2) is 25.8 Å². The minimum absolute atomic E-state index is 0.0548. The molecule has 0 aromatic heterocycles. The molecule has 0 aliphatic heterocycles. The van der Waals surface area contributed by atoms with Gasteiger partial charge in [0.05, 0.1) is 31.0 Å². The van der Waals surface area contributed by atoms with Gasteiger partial charge in [-0.25, -0.2) is 9.38 Å². The molecule has 0 fully saturated rings. The van der Waals surface area contributed by atoms with Crippen LogP contribution in [0.4, 0.5) is 18.9 Å². The number of hydrogen-bond donors (Lipinski definition) is 2. The molecule has 2 aromatic rings. The Labute approximate surface area is 161 Å². The lowest BCUT2D eigenvalue weighted by atomic mass is 10.2. The normalized spacial score (nSPS) is 11.4. The van der Waals surface area contributed by atoms with Gasteiger partial charge < -0.3 is 25.3 Å². The van der Waals surface area contributed by atoms with Crippen LogP contribution in [0.15, 0.2) is 41.4 Å². The van der Waals surface area contributed by atoms with E-state index in [1.807, 2.05) is 13.8 Å². The Morgan fingerprint density at radius 3 is 2.54 bits per heavy atom. The zero-order valence-electron chi connectivity index (χ0n) is 15.5. The van der Waals surface area contributed by atoms with E-state index in [-0.39, 0.29) is 23.8 Å². The molecule has 0 radical (unpaired) electrons. The topological polar surface area (TPSA) is 78.1 Å². The molecule has 0 saturated heterocycles. The zero-order chi connectivity index (χ0) is 20.5. The van der Waals surface area contributed by atoms with E-state index >= 15 is 0 Å². The zero-order valence-corrected chi connectivity index (χ0v) is 15.5. The highest BCUT2D eigenvalue weighted by molar-refractivity contribution is 5.94. The number of nitrogens with zero attached hydrogens (tertiary/aromatic N) is 1. The van der Waals surface area contributed by atoms with Gasteiger partial charge in [-0.1, -0.05) is 6.07 Å². The fourth-order valence-corrected chi connectivity index (χ4v) is 2.39. The molecule has 152 valence electrons. The molecule has 0 spiro atoms. The highest BCUT2D eigenvalue weighted by Gasteiger charge is 2.14. The van der Waals surface area contributed by atoms with Gasteiger partial charge in [0, 0.05) is 6.07 Å². The van der Waals surface area contributed by atoms with Crippen LogP contribution >= 0.6 is 0 Å². The van der Waals surface area contributed by atoms with Gasteiger partial charge in [0.2, 0.25) is 0 Å². The molecule has 2 rings (SSSR count). The first-order valence-electron chi connectivity index (χ1n) is 8.63. The summed E-state index contributed by atoms with van der Waals surface area (Å²) >= 11 is 0. The van der Waals surface area contributed by atoms with Crippen molar-refractivity contribution in [2.45, 2.75) is 27.0 Å². The number of rotatable bonds is 9. The summed E-state index contributed by atoms with van der Waals surface area (Å²) in [5.74, 6) is 0.0588. The Morgan fingerprint density at radius 1 is 1.11 bits per heavy atom. The van der Waals surface area contributed by atoms with E-state index in [0.29, 0.717) is 30.4 Å². The Balaban J connectivity index is 2.20. The van der Waals surface area contributed by atoms with Crippen molar-refractivity contribution in [1.29, 1.82) is 0 Å². The Bertz CT molecular complexity index is 816. The van der Waals surface area contributed by atoms with Gasteiger partial charge in [0.15, 0.2) is 5.96 Å². The molecule has 0 unspecified atom stereocenters. The third-order valence-corrected chi connectivity index (χ3v) is 3.52. The van der Waals surface area contributed by atoms with Crippen LogP contribution in [0.3, 0.4) is 0 Å². The Kier molecular flexibility index (Phi) is 7.79. The molecule has 0 atom stereocenters. The van der Waals surface area contributed by atoms with Gasteiger partial charge in [-0.15, -0.1) is 0 Å². The molecule has 0 aliphatic carbocycles. The first-order valence-corrected chi connectivity index (χ1v) is 8.63. The van der Waals surface area contributed by atoms with Crippen LogP contribution in [-0.2, 0) is 6.54 Å². The summed E-state index contributed by atoms with van der Waals surface area (Å²) in [6.45, 7) is 1.24. The summed E-state index contributed by atoms with van der Waals surface area (Å²) in [6, 6.07) is 8.80. The van der Waals surface area contributed by atoms with Crippen molar-refractivity contribution in [3.8, 4) is 17.2 Å². The van der Waals surface area contributed by atoms with E-state index in [1.54, 1.807) is 18.2 Å². The fourth-order valence-electron chi connectivity index (χ4n) is 2.39. The molecule has 0 aliphatic rings. The molecular weight excluding hydrogens is 375 g/mol. The summed E-state index contributed by atoms with van der Waals surface area (Å²) < 4.78 is 54.3. The van der Waals surface area contributed by atoms with Gasteiger partial charge in [-0.3, -0.25) is 0 Å². The largest absolute Gasteiger partial charge is 0.494 e. The van der Waals surface area contributed by atoms with Crippen molar-refractivity contribution in [3.05, 3.63) is 47.8 Å². The highest BCUT2D eigenvalue weighted by Crippen LogP contribution is 2.29. The lowest BCUT2D eigenvalue weighted by molar-refractivity contribution is -0.0506. The van der Waals surface area contributed by atoms with E-state index in [2.05, 4.69) is 15.0 Å². The smallest absolute Gasteiger partial charge is 0.387 e. The van der Waals surface area contributed by atoms with Crippen molar-refractivity contribution in [1.82, 2.24) is 0 Å². The van der Waals surface area contributed by atoms with Crippen LogP contribution in [0.1, 0.15) is 19.4 Å². The molecule has 6 nitrogen and oxygen atoms in total. The summed E-state index contributed by atoms with van der Waals surface area (Å²) in [7, 11) is 0. The van der Waals surface area contributed by atoms with Gasteiger partial charge in [-0.2, -0.15) is 8.78 Å². The summed E-state index contributed by atoms with van der Waals surface area (Å²) in [5.41, 5.74) is 6.26. The van der Waals surface area contributed by atoms with Crippen molar-refractivity contribution < 1.29 is 27.4 Å². The first-order chi connectivity index (χ1) is 13.4. The summed E-state index contributed by atoms with van der Waals surface area (Å²) in [4.78, 5) is 4.02. The predicted octanol–water partition coefficient (Wildman–Crippen LogP) is 4.15. The number of alkyl halides is 2. The number of benzene rings is 2. The van der Waals surface area contributed by atoms with Crippen molar-refractivity contribution >= 4 is 11.6 Å². The van der Waals surface area contributed by atoms with E-state index in [0.717, 1.165) is 6.07 Å². The summed E-state index contributed by atoms with van der Waals surface area (Å²) in [5, 5.41) is 2.86. The first kappa shape index (κ1) is 21.2. The second-order valence-electron chi connectivity index (χ2n) is 5.45. The van der Waals surface area contributed by atoms with Gasteiger partial charge in [0.1, 0.15) is 23.1 Å². The van der Waals surface area contributed by atoms with Crippen LogP contribution < -0.4 is 25.3 Å². The van der Waals surface area contributed by atoms with E-state index < -0.39 is 12.4 Å². The number of nitrogens with two attached hydrogens (primary N) is 1. The third-order valence-electron chi connectivity index (χ3n) is 3.52. The average molecular weight is 397 g/mol. The van der Waals surface area contributed by atoms with Gasteiger partial charge >= 0.3 is 6.61 Å². The van der Waals surface area contributed by atoms with Crippen molar-refractivity contribution in [2.75, 3.05) is 18.5 Å². The minimum atomic E-state index is -3.07. The maximum atomic E-state index is 14.0. The van der Waals surface area contributed by atoms with Crippen LogP contribution in [0, 0.1) is 5.82 Å². The SMILES string of the molecule is CCOc1ccc(OCC)c(NC(N)=NCc2c(F)cccc2OC(F)F)c1. The molecule has 9 heteroatoms. The Morgan fingerprint density at radius 2 is 1.86 bits per heavy atom. The lowest BCUT2D eigenvalue weighted by Crippen LogP contribution is -2.23. The second-order valence-corrected chi connectivity index (χ2v) is 5.45. The van der Waals surface area contributed by atoms with E-state index in [1.165, 1.54) is 12.1 Å². The Hall–Kier alpha value is -3.10. The highest BCUT2D eigenvalue weighted by atomic mass is 19.3. The standard InChI is InChI=1S/C19H22F3N3O3/c1-3-26-12-8-9-17(27-4-2)15(10-12)25-19(23)24-11-13-14(20)6-5-7-16(13)28-18(21)22/h5-10,18H,3-4,11H2,1-2H3,(H3,23,24,25). The quantitative estimate of drug-likeness (QED) is 0.491. The van der Waals surface area contributed by atoms with E-state index in [4.69, 9.17) is 15.2 Å². The number of hydrogen-bond acceptors (Lipinski definition) is 4. The van der Waals surface area contributed by atoms with Crippen molar-refractivity contribution in [2.24, 2.45) is 10.7 Å². The van der Waals surface area contributed by atoms with Crippen LogP contribution in [0.25, 0.3) is 0 Å². The lowest BCUT2D eigenvalue weighted by Gasteiger charge is -2.14. The monoisotopic (exact) mass is 397 g/mol. The third kappa shape index (κ3) is 5.97. The maximum Gasteiger partial charge on any atom is 0.387 e. The van der Waals surface area contributed by atoms with Crippen molar-refractivity contribution in [3.63, 3.8) is 0 Å². The van der Waals surface area contributed by atoms with Crippen LogP contribution in [0.2, 0.25) is 0 Å². The number of anilines is 1. The minimum Gasteiger partial charge on any atom is -0.494 e. The molecule has 3 N–H and O–H groups in total. The molecule has 28 heavy (non-hydrogen) atoms. The fraction of sp³-hybridized carbons (Fsp3) is 0.316. The van der Waals surface area contributed by atoms with Crippen LogP contribution in [0.5, 0.6) is 17.2 Å². The average Bonchev–Trinajstić information content (AvgIpc) is 2.63. The second kappa shape index (κ2) is 10.3. The molecular formula is C19H22F3N3O3. The summed E-state index contributed by atoms with van der Waals surface area (Å²) in [6.07, 6.45) is 0. The molecule has 0 bridgehead atoms. The molecule has 0 heterocycles. The molecule has 0 saturated carbocycles. The van der Waals surface area contributed by atoms with Gasteiger partial charge in [0.25, 0.3) is 0 Å². The predicted molar refractivity (Wildman–Crippen MR) is 101 cm³/mol. The maximum absolute atomic E-state index is 14.0. The van der Waals surface area contributed by atoms with E-state index in [9.17, 15) is 13.2 Å². The number of aliphatic imine (C=N–C) groups is 1. The molecule has 2 aromatic carbocycles. The van der Waals surface area contributed by atoms with Gasteiger partial charge in [-0.05, 0) is 38.1 Å².